The van der Waals surface area contributed by atoms with Crippen molar-refractivity contribution in [2.75, 3.05) is 18.1 Å². The van der Waals surface area contributed by atoms with E-state index in [9.17, 15) is 14.0 Å². The van der Waals surface area contributed by atoms with E-state index in [0.29, 0.717) is 12.1 Å². The number of anilines is 1. The van der Waals surface area contributed by atoms with Crippen LogP contribution in [0.5, 0.6) is 5.75 Å². The van der Waals surface area contributed by atoms with Crippen LogP contribution in [0.1, 0.15) is 29.3 Å². The standard InChI is InChI=1S/C20H20FNO4/c1-2-25-20(24)18(21)26-16-11-9-15(10-12-16)19(23)22-13-5-7-14-6-3-4-8-17(14)22/h3-4,6,8-12,18H,2,5,7,13H2,1H3. The Balaban J connectivity index is 1.71. The summed E-state index contributed by atoms with van der Waals surface area (Å²) in [5, 5.41) is 0. The maximum absolute atomic E-state index is 13.6. The first-order chi connectivity index (χ1) is 12.6. The van der Waals surface area contributed by atoms with Gasteiger partial charge in [0.15, 0.2) is 0 Å². The molecule has 3 rings (SSSR count). The lowest BCUT2D eigenvalue weighted by Crippen LogP contribution is -2.35. The first-order valence-electron chi connectivity index (χ1n) is 8.57. The summed E-state index contributed by atoms with van der Waals surface area (Å²) in [4.78, 5) is 25.8. The first-order valence-corrected chi connectivity index (χ1v) is 8.57. The Morgan fingerprint density at radius 1 is 1.15 bits per heavy atom. The lowest BCUT2D eigenvalue weighted by atomic mass is 10.0. The van der Waals surface area contributed by atoms with Gasteiger partial charge in [0.2, 0.25) is 0 Å². The summed E-state index contributed by atoms with van der Waals surface area (Å²) < 4.78 is 23.1. The number of esters is 1. The summed E-state index contributed by atoms with van der Waals surface area (Å²) in [7, 11) is 0. The SMILES string of the molecule is CCOC(=O)C(F)Oc1ccc(C(=O)N2CCCc3ccccc32)cc1. The Labute approximate surface area is 151 Å². The number of aryl methyl sites for hydroxylation is 1. The number of halogens is 1. The van der Waals surface area contributed by atoms with Gasteiger partial charge >= 0.3 is 12.3 Å². The number of nitrogens with zero attached hydrogens (tertiary/aromatic N) is 1. The third kappa shape index (κ3) is 3.85. The molecule has 1 amide bonds. The number of para-hydroxylation sites is 1. The lowest BCUT2D eigenvalue weighted by Gasteiger charge is -2.29. The third-order valence-corrected chi connectivity index (χ3v) is 4.17. The van der Waals surface area contributed by atoms with Crippen molar-refractivity contribution >= 4 is 17.6 Å². The topological polar surface area (TPSA) is 55.8 Å². The fraction of sp³-hybridized carbons (Fsp3) is 0.300. The highest BCUT2D eigenvalue weighted by Gasteiger charge is 2.24. The molecule has 1 atom stereocenters. The van der Waals surface area contributed by atoms with Crippen LogP contribution in [0.3, 0.4) is 0 Å². The fourth-order valence-electron chi connectivity index (χ4n) is 2.95. The second-order valence-electron chi connectivity index (χ2n) is 5.90. The van der Waals surface area contributed by atoms with Gasteiger partial charge in [0.1, 0.15) is 5.75 Å². The molecule has 0 saturated carbocycles. The van der Waals surface area contributed by atoms with Crippen molar-refractivity contribution < 1.29 is 23.5 Å². The van der Waals surface area contributed by atoms with Gasteiger partial charge in [0.25, 0.3) is 5.91 Å². The van der Waals surface area contributed by atoms with Gasteiger partial charge in [-0.15, -0.1) is 0 Å². The van der Waals surface area contributed by atoms with E-state index in [4.69, 9.17) is 4.74 Å². The normalized spacial score (nSPS) is 14.3. The minimum atomic E-state index is -2.19. The van der Waals surface area contributed by atoms with E-state index in [1.165, 1.54) is 12.1 Å². The molecule has 136 valence electrons. The molecule has 1 heterocycles. The highest BCUT2D eigenvalue weighted by molar-refractivity contribution is 6.06. The number of hydrogen-bond acceptors (Lipinski definition) is 4. The van der Waals surface area contributed by atoms with Gasteiger partial charge in [-0.1, -0.05) is 18.2 Å². The van der Waals surface area contributed by atoms with Gasteiger partial charge in [-0.3, -0.25) is 4.79 Å². The maximum atomic E-state index is 13.6. The molecule has 2 aromatic carbocycles. The molecule has 2 aromatic rings. The summed E-state index contributed by atoms with van der Waals surface area (Å²) >= 11 is 0. The number of carbonyl (C=O) groups excluding carboxylic acids is 2. The van der Waals surface area contributed by atoms with Crippen LogP contribution in [0.2, 0.25) is 0 Å². The van der Waals surface area contributed by atoms with Crippen molar-refractivity contribution in [3.05, 3.63) is 59.7 Å². The number of ether oxygens (including phenoxy) is 2. The summed E-state index contributed by atoms with van der Waals surface area (Å²) in [6, 6.07) is 13.9. The summed E-state index contributed by atoms with van der Waals surface area (Å²) in [6.45, 7) is 2.32. The van der Waals surface area contributed by atoms with Crippen LogP contribution >= 0.6 is 0 Å². The minimum Gasteiger partial charge on any atom is -0.461 e. The molecule has 26 heavy (non-hydrogen) atoms. The van der Waals surface area contributed by atoms with E-state index >= 15 is 0 Å². The van der Waals surface area contributed by atoms with Gasteiger partial charge in [-0.2, -0.15) is 4.39 Å². The molecule has 0 fully saturated rings. The van der Waals surface area contributed by atoms with Crippen LogP contribution in [0.15, 0.2) is 48.5 Å². The summed E-state index contributed by atoms with van der Waals surface area (Å²) in [5.41, 5.74) is 2.55. The van der Waals surface area contributed by atoms with Gasteiger partial charge in [-0.25, -0.2) is 4.79 Å². The molecule has 0 aromatic heterocycles. The van der Waals surface area contributed by atoms with Crippen LogP contribution in [-0.4, -0.2) is 31.4 Å². The van der Waals surface area contributed by atoms with Crippen LogP contribution in [0, 0.1) is 0 Å². The van der Waals surface area contributed by atoms with Gasteiger partial charge in [0, 0.05) is 17.8 Å². The Hall–Kier alpha value is -2.89. The number of alkyl halides is 1. The first kappa shape index (κ1) is 17.9. The summed E-state index contributed by atoms with van der Waals surface area (Å²) in [5.74, 6) is -1.04. The molecule has 6 heteroatoms. The molecule has 0 saturated heterocycles. The number of amides is 1. The largest absolute Gasteiger partial charge is 0.461 e. The van der Waals surface area contributed by atoms with Crippen molar-refractivity contribution in [2.45, 2.75) is 26.1 Å². The van der Waals surface area contributed by atoms with Crippen molar-refractivity contribution in [3.8, 4) is 5.75 Å². The third-order valence-electron chi connectivity index (χ3n) is 4.17. The predicted molar refractivity (Wildman–Crippen MR) is 95.0 cm³/mol. The molecule has 0 N–H and O–H groups in total. The molecule has 1 aliphatic rings. The van der Waals surface area contributed by atoms with Crippen LogP contribution in [0.4, 0.5) is 10.1 Å². The molecule has 1 unspecified atom stereocenters. The van der Waals surface area contributed by atoms with Gasteiger partial charge in [-0.05, 0) is 55.7 Å². The van der Waals surface area contributed by atoms with Crippen molar-refractivity contribution in [2.24, 2.45) is 0 Å². The second kappa shape index (κ2) is 7.99. The monoisotopic (exact) mass is 357 g/mol. The fourth-order valence-corrected chi connectivity index (χ4v) is 2.95. The van der Waals surface area contributed by atoms with E-state index in [1.807, 2.05) is 24.3 Å². The number of benzene rings is 2. The number of carbonyl (C=O) groups is 2. The Bertz CT molecular complexity index is 791. The smallest absolute Gasteiger partial charge is 0.381 e. The Morgan fingerprint density at radius 2 is 1.88 bits per heavy atom. The lowest BCUT2D eigenvalue weighted by molar-refractivity contribution is -0.159. The van der Waals surface area contributed by atoms with E-state index in [0.717, 1.165) is 24.1 Å². The molecular formula is C20H20FNO4. The van der Waals surface area contributed by atoms with Crippen molar-refractivity contribution in [1.29, 1.82) is 0 Å². The second-order valence-corrected chi connectivity index (χ2v) is 5.90. The van der Waals surface area contributed by atoms with E-state index in [1.54, 1.807) is 24.0 Å². The van der Waals surface area contributed by atoms with Crippen molar-refractivity contribution in [1.82, 2.24) is 0 Å². The van der Waals surface area contributed by atoms with E-state index < -0.39 is 12.3 Å². The molecule has 0 spiro atoms. The summed E-state index contributed by atoms with van der Waals surface area (Å²) in [6.07, 6.45) is -0.323. The van der Waals surface area contributed by atoms with Crippen LogP contribution in [0.25, 0.3) is 0 Å². The highest BCUT2D eigenvalue weighted by atomic mass is 19.1. The Morgan fingerprint density at radius 3 is 2.62 bits per heavy atom. The number of rotatable bonds is 5. The maximum Gasteiger partial charge on any atom is 0.381 e. The predicted octanol–water partition coefficient (Wildman–Crippen LogP) is 3.52. The molecule has 0 aliphatic carbocycles. The average Bonchev–Trinajstić information content (AvgIpc) is 2.67. The zero-order chi connectivity index (χ0) is 18.5. The quantitative estimate of drug-likeness (QED) is 0.769. The number of hydrogen-bond donors (Lipinski definition) is 0. The molecule has 1 aliphatic heterocycles. The molecule has 5 nitrogen and oxygen atoms in total. The zero-order valence-electron chi connectivity index (χ0n) is 14.5. The molecular weight excluding hydrogens is 337 g/mol. The average molecular weight is 357 g/mol. The van der Waals surface area contributed by atoms with Crippen molar-refractivity contribution in [3.63, 3.8) is 0 Å². The van der Waals surface area contributed by atoms with Crippen LogP contribution in [-0.2, 0) is 16.0 Å². The minimum absolute atomic E-state index is 0.0767. The Kier molecular flexibility index (Phi) is 5.51. The molecule has 0 radical (unpaired) electrons. The van der Waals surface area contributed by atoms with E-state index in [-0.39, 0.29) is 18.3 Å². The van der Waals surface area contributed by atoms with Crippen LogP contribution < -0.4 is 9.64 Å². The van der Waals surface area contributed by atoms with E-state index in [2.05, 4.69) is 4.74 Å². The molecule has 0 bridgehead atoms. The van der Waals surface area contributed by atoms with Gasteiger partial charge < -0.3 is 14.4 Å². The number of fused-ring (bicyclic) bond motifs is 1. The highest BCUT2D eigenvalue weighted by Crippen LogP contribution is 2.28. The zero-order valence-corrected chi connectivity index (χ0v) is 14.5. The van der Waals surface area contributed by atoms with Gasteiger partial charge in [0.05, 0.1) is 6.61 Å².